The van der Waals surface area contributed by atoms with Gasteiger partial charge in [0.25, 0.3) is 0 Å². The highest BCUT2D eigenvalue weighted by molar-refractivity contribution is 14.0. The summed E-state index contributed by atoms with van der Waals surface area (Å²) < 4.78 is 10.9. The first-order valence-corrected chi connectivity index (χ1v) is 9.54. The molecule has 0 aliphatic heterocycles. The van der Waals surface area contributed by atoms with Crippen molar-refractivity contribution in [1.82, 2.24) is 15.2 Å². The summed E-state index contributed by atoms with van der Waals surface area (Å²) in [5, 5.41) is 6.61. The van der Waals surface area contributed by atoms with E-state index in [9.17, 15) is 0 Å². The molecule has 1 heterocycles. The fourth-order valence-electron chi connectivity index (χ4n) is 2.30. The van der Waals surface area contributed by atoms with Crippen LogP contribution in [0.2, 0.25) is 0 Å². The van der Waals surface area contributed by atoms with Crippen LogP contribution in [-0.4, -0.2) is 50.2 Å². The van der Waals surface area contributed by atoms with Crippen molar-refractivity contribution in [2.24, 2.45) is 4.99 Å². The van der Waals surface area contributed by atoms with Gasteiger partial charge >= 0.3 is 0 Å². The van der Waals surface area contributed by atoms with Crippen LogP contribution in [0.1, 0.15) is 30.5 Å². The van der Waals surface area contributed by atoms with Crippen LogP contribution in [0.25, 0.3) is 0 Å². The second-order valence-corrected chi connectivity index (χ2v) is 7.07. The van der Waals surface area contributed by atoms with E-state index in [2.05, 4.69) is 34.5 Å². The van der Waals surface area contributed by atoms with Crippen molar-refractivity contribution in [3.63, 3.8) is 0 Å². The Bertz CT molecular complexity index is 704. The van der Waals surface area contributed by atoms with E-state index < -0.39 is 0 Å². The second kappa shape index (κ2) is 12.0. The number of methoxy groups -OCH3 is 1. The maximum atomic E-state index is 5.77. The SMILES string of the molecule is CN=C(NCc1csc(C(C)C)n1)N(C)CCOc1ccc(OC)cc1.I. The molecule has 0 fully saturated rings. The molecule has 1 aromatic carbocycles. The van der Waals surface area contributed by atoms with Crippen LogP contribution in [0.5, 0.6) is 11.5 Å². The minimum Gasteiger partial charge on any atom is -0.497 e. The third-order valence-corrected chi connectivity index (χ3v) is 5.01. The van der Waals surface area contributed by atoms with E-state index in [-0.39, 0.29) is 24.0 Å². The van der Waals surface area contributed by atoms with Gasteiger partial charge in [-0.15, -0.1) is 35.3 Å². The third-order valence-electron chi connectivity index (χ3n) is 3.82. The zero-order valence-corrected chi connectivity index (χ0v) is 19.7. The van der Waals surface area contributed by atoms with E-state index in [0.29, 0.717) is 19.1 Å². The zero-order valence-electron chi connectivity index (χ0n) is 16.6. The fraction of sp³-hybridized carbons (Fsp3) is 0.474. The molecule has 0 amide bonds. The molecule has 1 N–H and O–H groups in total. The number of benzene rings is 1. The van der Waals surface area contributed by atoms with Gasteiger partial charge in [0, 0.05) is 25.4 Å². The van der Waals surface area contributed by atoms with Gasteiger partial charge in [-0.1, -0.05) is 13.8 Å². The number of aromatic nitrogens is 1. The number of likely N-dealkylation sites (N-methyl/N-ethyl adjacent to an activating group) is 1. The summed E-state index contributed by atoms with van der Waals surface area (Å²) in [4.78, 5) is 11.0. The summed E-state index contributed by atoms with van der Waals surface area (Å²) in [5.41, 5.74) is 1.04. The molecular formula is C19H29IN4O2S. The Balaban J connectivity index is 0.00000364. The van der Waals surface area contributed by atoms with E-state index in [1.807, 2.05) is 36.2 Å². The summed E-state index contributed by atoms with van der Waals surface area (Å²) in [6.07, 6.45) is 0. The molecule has 0 saturated heterocycles. The number of hydrogen-bond donors (Lipinski definition) is 1. The Kier molecular flexibility index (Phi) is 10.5. The molecule has 0 saturated carbocycles. The second-order valence-electron chi connectivity index (χ2n) is 6.18. The van der Waals surface area contributed by atoms with Crippen molar-refractivity contribution < 1.29 is 9.47 Å². The molecule has 0 atom stereocenters. The highest BCUT2D eigenvalue weighted by atomic mass is 127. The van der Waals surface area contributed by atoms with Crippen molar-refractivity contribution in [3.8, 4) is 11.5 Å². The highest BCUT2D eigenvalue weighted by Crippen LogP contribution is 2.19. The Morgan fingerprint density at radius 1 is 1.26 bits per heavy atom. The molecule has 1 aromatic heterocycles. The molecule has 150 valence electrons. The molecular weight excluding hydrogens is 475 g/mol. The number of nitrogens with one attached hydrogen (secondary N) is 1. The van der Waals surface area contributed by atoms with Crippen LogP contribution in [0.3, 0.4) is 0 Å². The van der Waals surface area contributed by atoms with Crippen molar-refractivity contribution in [2.75, 3.05) is 34.4 Å². The van der Waals surface area contributed by atoms with Crippen molar-refractivity contribution in [2.45, 2.75) is 26.3 Å². The van der Waals surface area contributed by atoms with E-state index in [0.717, 1.165) is 34.7 Å². The van der Waals surface area contributed by atoms with Gasteiger partial charge < -0.3 is 19.7 Å². The van der Waals surface area contributed by atoms with Gasteiger partial charge in [-0.05, 0) is 24.3 Å². The summed E-state index contributed by atoms with van der Waals surface area (Å²) in [7, 11) is 5.43. The first-order chi connectivity index (χ1) is 12.5. The molecule has 0 unspecified atom stereocenters. The van der Waals surface area contributed by atoms with Crippen molar-refractivity contribution >= 4 is 41.3 Å². The van der Waals surface area contributed by atoms with Gasteiger partial charge in [0.2, 0.25) is 0 Å². The lowest BCUT2D eigenvalue weighted by Gasteiger charge is -2.21. The van der Waals surface area contributed by atoms with Gasteiger partial charge in [0.15, 0.2) is 5.96 Å². The van der Waals surface area contributed by atoms with Gasteiger partial charge in [-0.3, -0.25) is 4.99 Å². The Morgan fingerprint density at radius 2 is 1.93 bits per heavy atom. The number of thiazole rings is 1. The molecule has 6 nitrogen and oxygen atoms in total. The summed E-state index contributed by atoms with van der Waals surface area (Å²) in [6, 6.07) is 7.58. The number of ether oxygens (including phenoxy) is 2. The molecule has 8 heteroatoms. The largest absolute Gasteiger partial charge is 0.497 e. The van der Waals surface area contributed by atoms with Gasteiger partial charge in [-0.25, -0.2) is 4.98 Å². The average Bonchev–Trinajstić information content (AvgIpc) is 3.12. The number of halogens is 1. The monoisotopic (exact) mass is 504 g/mol. The molecule has 0 radical (unpaired) electrons. The predicted molar refractivity (Wildman–Crippen MR) is 123 cm³/mol. The first kappa shape index (κ1) is 23.5. The quantitative estimate of drug-likeness (QED) is 0.335. The standard InChI is InChI=1S/C19H28N4O2S.HI/c1-14(2)18-22-15(13-26-18)12-21-19(20-3)23(4)10-11-25-17-8-6-16(24-5)7-9-17;/h6-9,13-14H,10-12H2,1-5H3,(H,20,21);1H. The fourth-order valence-corrected chi connectivity index (χ4v) is 3.14. The van der Waals surface area contributed by atoms with Crippen LogP contribution in [-0.2, 0) is 6.54 Å². The van der Waals surface area contributed by atoms with Crippen LogP contribution in [0.15, 0.2) is 34.6 Å². The number of guanidine groups is 1. The van der Waals surface area contributed by atoms with Gasteiger partial charge in [-0.2, -0.15) is 0 Å². The topological polar surface area (TPSA) is 59.0 Å². The highest BCUT2D eigenvalue weighted by Gasteiger charge is 2.09. The minimum absolute atomic E-state index is 0. The van der Waals surface area contributed by atoms with E-state index in [1.54, 1.807) is 25.5 Å². The maximum Gasteiger partial charge on any atom is 0.193 e. The van der Waals surface area contributed by atoms with Crippen LogP contribution in [0.4, 0.5) is 0 Å². The molecule has 0 bridgehead atoms. The summed E-state index contributed by atoms with van der Waals surface area (Å²) in [6.45, 7) is 6.27. The predicted octanol–water partition coefficient (Wildman–Crippen LogP) is 3.98. The van der Waals surface area contributed by atoms with Crippen molar-refractivity contribution in [1.29, 1.82) is 0 Å². The lowest BCUT2D eigenvalue weighted by atomic mass is 10.2. The molecule has 2 rings (SSSR count). The zero-order chi connectivity index (χ0) is 18.9. The third kappa shape index (κ3) is 7.53. The van der Waals surface area contributed by atoms with E-state index in [1.165, 1.54) is 0 Å². The number of aliphatic imine (C=N–C) groups is 1. The van der Waals surface area contributed by atoms with Gasteiger partial charge in [0.05, 0.1) is 30.9 Å². The number of nitrogens with zero attached hydrogens (tertiary/aromatic N) is 3. The smallest absolute Gasteiger partial charge is 0.193 e. The molecule has 0 aliphatic carbocycles. The lowest BCUT2D eigenvalue weighted by Crippen LogP contribution is -2.40. The van der Waals surface area contributed by atoms with Crippen molar-refractivity contribution in [3.05, 3.63) is 40.3 Å². The summed E-state index contributed by atoms with van der Waals surface area (Å²) >= 11 is 1.71. The molecule has 0 aliphatic rings. The number of rotatable bonds is 8. The Labute approximate surface area is 183 Å². The van der Waals surface area contributed by atoms with Crippen LogP contribution >= 0.6 is 35.3 Å². The number of hydrogen-bond acceptors (Lipinski definition) is 5. The molecule has 2 aromatic rings. The van der Waals surface area contributed by atoms with E-state index in [4.69, 9.17) is 9.47 Å². The van der Waals surface area contributed by atoms with Gasteiger partial charge in [0.1, 0.15) is 18.1 Å². The Morgan fingerprint density at radius 3 is 2.48 bits per heavy atom. The minimum atomic E-state index is 0. The first-order valence-electron chi connectivity index (χ1n) is 8.66. The Hall–Kier alpha value is -1.55. The lowest BCUT2D eigenvalue weighted by molar-refractivity contribution is 0.281. The average molecular weight is 504 g/mol. The molecule has 27 heavy (non-hydrogen) atoms. The summed E-state index contributed by atoms with van der Waals surface area (Å²) in [5.74, 6) is 2.93. The van der Waals surface area contributed by atoms with Crippen LogP contribution in [0, 0.1) is 0 Å². The van der Waals surface area contributed by atoms with Crippen LogP contribution < -0.4 is 14.8 Å². The maximum absolute atomic E-state index is 5.77. The normalized spacial score (nSPS) is 11.1. The molecule has 0 spiro atoms. The van der Waals surface area contributed by atoms with E-state index >= 15 is 0 Å².